The molecule has 15 aromatic carbocycles. The van der Waals surface area contributed by atoms with Crippen molar-refractivity contribution in [3.63, 3.8) is 0 Å². The van der Waals surface area contributed by atoms with E-state index in [0.717, 1.165) is 21.9 Å². The van der Waals surface area contributed by atoms with E-state index in [1.54, 1.807) is 0 Å². The Hall–Kier alpha value is -10.7. The molecule has 8 nitrogen and oxygen atoms in total. The summed E-state index contributed by atoms with van der Waals surface area (Å²) < 4.78 is 49.7. The topological polar surface area (TPSA) is 73.8 Å². The summed E-state index contributed by atoms with van der Waals surface area (Å²) in [7, 11) is -1.33. The lowest BCUT2D eigenvalue weighted by Crippen LogP contribution is -2.41. The molecule has 4 aliphatic heterocycles. The predicted molar refractivity (Wildman–Crippen MR) is 497 cm³/mol. The van der Waals surface area contributed by atoms with Crippen LogP contribution in [-0.2, 0) is 37.2 Å². The number of benzene rings is 15. The van der Waals surface area contributed by atoms with Gasteiger partial charge in [-0.25, -0.2) is 0 Å². The Morgan fingerprint density at radius 2 is 0.322 bits per heavy atom. The second-order valence-corrected chi connectivity index (χ2v) is 35.8. The van der Waals surface area contributed by atoms with Crippen LogP contribution in [0, 0.1) is 0 Å². The lowest BCUT2D eigenvalue weighted by Gasteiger charge is -2.32. The van der Waals surface area contributed by atoms with Crippen molar-refractivity contribution in [1.29, 1.82) is 0 Å². The number of hydrogen-bond donors (Lipinski definition) is 0. The first-order valence-electron chi connectivity index (χ1n) is 41.4. The van der Waals surface area contributed by atoms with Gasteiger partial charge in [0.2, 0.25) is 0 Å². The van der Waals surface area contributed by atoms with Crippen LogP contribution in [0.2, 0.25) is 0 Å². The Bertz CT molecular complexity index is 6060. The summed E-state index contributed by atoms with van der Waals surface area (Å²) in [6.45, 7) is 33.4. The van der Waals surface area contributed by atoms with Gasteiger partial charge in [-0.2, -0.15) is 0 Å². The van der Waals surface area contributed by atoms with E-state index in [-0.39, 0.29) is 73.3 Å². The van der Waals surface area contributed by atoms with Crippen molar-refractivity contribution in [3.8, 4) is 77.9 Å². The molecule has 0 atom stereocenters. The minimum Gasteiger partial charge on any atom is -0.399 e. The molecule has 0 aliphatic carbocycles. The molecule has 4 aliphatic rings. The fourth-order valence-corrected chi connectivity index (χ4v) is 15.5. The van der Waals surface area contributed by atoms with Gasteiger partial charge in [0, 0.05) is 0 Å². The Balaban J connectivity index is 0.000000118. The predicted octanol–water partition coefficient (Wildman–Crippen LogP) is 24.2. The van der Waals surface area contributed by atoms with Gasteiger partial charge in [-0.3, -0.25) is 0 Å². The third kappa shape index (κ3) is 16.9. The quantitative estimate of drug-likeness (QED) is 0.119. The Morgan fingerprint density at radius 1 is 0.144 bits per heavy atom. The van der Waals surface area contributed by atoms with Crippen LogP contribution in [-0.4, -0.2) is 73.3 Å². The van der Waals surface area contributed by atoms with E-state index in [0.29, 0.717) is 0 Å². The summed E-state index contributed by atoms with van der Waals surface area (Å²) in [5.41, 5.74) is 18.8. The van der Waals surface area contributed by atoms with Crippen molar-refractivity contribution in [2.75, 3.05) is 0 Å². The van der Waals surface area contributed by atoms with Crippen molar-refractivity contribution in [2.24, 2.45) is 0 Å². The molecule has 0 saturated carbocycles. The zero-order valence-corrected chi connectivity index (χ0v) is 70.9. The molecule has 15 aromatic rings. The Labute approximate surface area is 699 Å². The molecule has 0 unspecified atom stereocenters. The molecule has 0 amide bonds. The summed E-state index contributed by atoms with van der Waals surface area (Å²) >= 11 is 0. The lowest BCUT2D eigenvalue weighted by atomic mass is 9.78. The van der Waals surface area contributed by atoms with Crippen LogP contribution in [0.3, 0.4) is 0 Å². The molecule has 0 radical (unpaired) electrons. The van der Waals surface area contributed by atoms with E-state index in [2.05, 4.69) is 438 Å². The molecule has 4 fully saturated rings. The average molecular weight is 1550 g/mol. The summed E-state index contributed by atoms with van der Waals surface area (Å²) in [5, 5.41) is 9.63. The molecule has 118 heavy (non-hydrogen) atoms. The number of fused-ring (bicyclic) bond motifs is 4. The summed E-state index contributed by atoms with van der Waals surface area (Å²) in [6, 6.07) is 120. The molecule has 0 aromatic heterocycles. The molecular weight excluding hydrogens is 1440 g/mol. The van der Waals surface area contributed by atoms with Crippen LogP contribution in [0.4, 0.5) is 0 Å². The standard InChI is InChI=1S/3C28H27BO2.C22H23BO2/c1-27(2)28(3,4)31-29(30-27)24-17-16-21-18-23(15-14-22(21)19-24)26-13-9-8-12-25(26)20-10-6-5-7-11-20;1-27(2)28(3,4)31-29(30-27)26-16-15-24-18-23(13-14-25(24)19-26)22-12-8-11-21(17-22)20-9-6-5-7-10-20;1-27(2)28(3,4)31-29(30-27)26-17-16-24-18-23(14-15-25(24)19-26)22-12-10-21(11-13-22)20-8-6-5-7-9-20;1-21(2)22(3,4)25-23(24-21)20-13-12-18-14-17(10-11-19(18)15-20)16-8-6-5-7-9-16/h3*5-19H,1-4H3;5-15H,1-4H3. The van der Waals surface area contributed by atoms with E-state index >= 15 is 0 Å². The van der Waals surface area contributed by atoms with Crippen molar-refractivity contribution in [2.45, 2.75) is 156 Å². The van der Waals surface area contributed by atoms with Crippen LogP contribution in [0.1, 0.15) is 111 Å². The fourth-order valence-electron chi connectivity index (χ4n) is 15.5. The third-order valence-corrected chi connectivity index (χ3v) is 25.6. The first kappa shape index (κ1) is 81.0. The van der Waals surface area contributed by atoms with Crippen molar-refractivity contribution < 1.29 is 37.2 Å². The second kappa shape index (κ2) is 32.2. The van der Waals surface area contributed by atoms with Gasteiger partial charge in [0.1, 0.15) is 0 Å². The van der Waals surface area contributed by atoms with Crippen LogP contribution in [0.15, 0.2) is 340 Å². The summed E-state index contributed by atoms with van der Waals surface area (Å²) in [4.78, 5) is 0. The average Bonchev–Trinajstić information content (AvgIpc) is 1.65. The van der Waals surface area contributed by atoms with Crippen molar-refractivity contribution in [1.82, 2.24) is 0 Å². The molecule has 12 heteroatoms. The van der Waals surface area contributed by atoms with Crippen LogP contribution in [0.25, 0.3) is 121 Å². The van der Waals surface area contributed by atoms with Crippen LogP contribution >= 0.6 is 0 Å². The largest absolute Gasteiger partial charge is 0.494 e. The van der Waals surface area contributed by atoms with Gasteiger partial charge in [-0.05, 0) is 284 Å². The third-order valence-electron chi connectivity index (χ3n) is 25.6. The minimum atomic E-state index is -0.340. The van der Waals surface area contributed by atoms with Gasteiger partial charge in [-0.15, -0.1) is 0 Å². The first-order valence-corrected chi connectivity index (χ1v) is 41.4. The van der Waals surface area contributed by atoms with E-state index < -0.39 is 0 Å². The fraction of sp³-hybridized carbons (Fsp3) is 0.226. The SMILES string of the molecule is CC1(C)OB(c2ccc3cc(-c4ccc(-c5ccccc5)cc4)ccc3c2)OC1(C)C.CC1(C)OB(c2ccc3cc(-c4cccc(-c5ccccc5)c4)ccc3c2)OC1(C)C.CC1(C)OB(c2ccc3cc(-c4ccccc4)ccc3c2)OC1(C)C.CC1(C)OB(c2ccc3cc(-c4ccccc4-c4ccccc4)ccc3c2)OC1(C)C. The van der Waals surface area contributed by atoms with Gasteiger partial charge in [0.25, 0.3) is 0 Å². The summed E-state index contributed by atoms with van der Waals surface area (Å²) in [5.74, 6) is 0. The Morgan fingerprint density at radius 3 is 0.627 bits per heavy atom. The second-order valence-electron chi connectivity index (χ2n) is 35.8. The molecule has 588 valence electrons. The van der Waals surface area contributed by atoms with E-state index in [1.807, 2.05) is 12.1 Å². The van der Waals surface area contributed by atoms with Gasteiger partial charge in [0.15, 0.2) is 0 Å². The molecular formula is C106H104B4O8. The first-order chi connectivity index (χ1) is 56.3. The molecule has 4 saturated heterocycles. The van der Waals surface area contributed by atoms with Gasteiger partial charge in [0.05, 0.1) is 44.8 Å². The zero-order chi connectivity index (χ0) is 82.6. The van der Waals surface area contributed by atoms with Gasteiger partial charge in [-0.1, -0.05) is 309 Å². The van der Waals surface area contributed by atoms with E-state index in [1.165, 1.54) is 121 Å². The van der Waals surface area contributed by atoms with E-state index in [9.17, 15) is 0 Å². The van der Waals surface area contributed by atoms with Crippen LogP contribution < -0.4 is 21.9 Å². The molecule has 0 N–H and O–H groups in total. The normalized spacial score (nSPS) is 17.5. The highest BCUT2D eigenvalue weighted by atomic mass is 16.7. The smallest absolute Gasteiger partial charge is 0.399 e. The number of hydrogen-bond acceptors (Lipinski definition) is 8. The van der Waals surface area contributed by atoms with Crippen LogP contribution in [0.5, 0.6) is 0 Å². The van der Waals surface area contributed by atoms with Gasteiger partial charge >= 0.3 is 28.5 Å². The van der Waals surface area contributed by atoms with Crippen molar-refractivity contribution >= 4 is 93.4 Å². The maximum absolute atomic E-state index is 6.23. The zero-order valence-electron chi connectivity index (χ0n) is 70.9. The maximum atomic E-state index is 6.23. The molecule has 19 rings (SSSR count). The molecule has 0 spiro atoms. The monoisotopic (exact) mass is 1550 g/mol. The minimum absolute atomic E-state index is 0.316. The molecule has 4 heterocycles. The maximum Gasteiger partial charge on any atom is 0.494 e. The lowest BCUT2D eigenvalue weighted by molar-refractivity contribution is 0.00578. The van der Waals surface area contributed by atoms with E-state index in [4.69, 9.17) is 37.2 Å². The van der Waals surface area contributed by atoms with Gasteiger partial charge < -0.3 is 37.2 Å². The highest BCUT2D eigenvalue weighted by Gasteiger charge is 2.55. The highest BCUT2D eigenvalue weighted by molar-refractivity contribution is 6.64. The number of rotatable bonds is 11. The molecule has 0 bridgehead atoms. The summed E-state index contributed by atoms with van der Waals surface area (Å²) in [6.07, 6.45) is 0. The Kier molecular flexibility index (Phi) is 22.1. The highest BCUT2D eigenvalue weighted by Crippen LogP contribution is 2.43. The van der Waals surface area contributed by atoms with Crippen molar-refractivity contribution in [3.05, 3.63) is 340 Å².